The maximum Gasteiger partial charge on any atom is 0.262 e. The van der Waals surface area contributed by atoms with Crippen molar-refractivity contribution >= 4 is 40.2 Å². The van der Waals surface area contributed by atoms with Crippen LogP contribution in [-0.4, -0.2) is 17.9 Å². The number of carbonyl (C=O) groups is 1. The van der Waals surface area contributed by atoms with E-state index in [1.54, 1.807) is 13.2 Å². The molecule has 4 heteroatoms. The Bertz CT molecular complexity index is 820. The Balaban J connectivity index is 1.84. The molecule has 0 fully saturated rings. The van der Waals surface area contributed by atoms with Crippen LogP contribution in [0.3, 0.4) is 0 Å². The zero-order valence-corrected chi connectivity index (χ0v) is 12.4. The molecule has 0 radical (unpaired) electrons. The Morgan fingerprint density at radius 2 is 1.95 bits per heavy atom. The molecule has 104 valence electrons. The highest BCUT2D eigenvalue weighted by Gasteiger charge is 2.06. The van der Waals surface area contributed by atoms with Gasteiger partial charge < -0.3 is 5.32 Å². The van der Waals surface area contributed by atoms with Gasteiger partial charge in [-0.2, -0.15) is 0 Å². The molecule has 1 amide bonds. The predicted octanol–water partition coefficient (Wildman–Crippen LogP) is 3.83. The molecule has 3 rings (SSSR count). The van der Waals surface area contributed by atoms with Crippen molar-refractivity contribution in [1.29, 1.82) is 0 Å². The Morgan fingerprint density at radius 3 is 2.76 bits per heavy atom. The number of aromatic nitrogens is 1. The monoisotopic (exact) mass is 294 g/mol. The van der Waals surface area contributed by atoms with Gasteiger partial charge in [-0.25, -0.2) is 4.98 Å². The van der Waals surface area contributed by atoms with E-state index in [1.165, 1.54) is 22.1 Å². The van der Waals surface area contributed by atoms with Crippen molar-refractivity contribution in [2.75, 3.05) is 7.05 Å². The number of fused-ring (bicyclic) bond motifs is 1. The summed E-state index contributed by atoms with van der Waals surface area (Å²) < 4.78 is 0. The van der Waals surface area contributed by atoms with E-state index in [0.29, 0.717) is 4.88 Å². The van der Waals surface area contributed by atoms with Gasteiger partial charge >= 0.3 is 0 Å². The molecule has 1 N–H and O–H groups in total. The minimum Gasteiger partial charge on any atom is -0.354 e. The summed E-state index contributed by atoms with van der Waals surface area (Å²) in [5, 5.41) is 5.86. The second kappa shape index (κ2) is 5.89. The van der Waals surface area contributed by atoms with Crippen LogP contribution in [0.2, 0.25) is 0 Å². The van der Waals surface area contributed by atoms with E-state index in [-0.39, 0.29) is 5.91 Å². The first-order chi connectivity index (χ1) is 10.3. The zero-order valence-electron chi connectivity index (χ0n) is 11.5. The molecule has 2 aromatic carbocycles. The van der Waals surface area contributed by atoms with Crippen LogP contribution < -0.4 is 5.32 Å². The average molecular weight is 294 g/mol. The molecule has 0 saturated heterocycles. The van der Waals surface area contributed by atoms with E-state index < -0.39 is 0 Å². The number of amides is 1. The van der Waals surface area contributed by atoms with Crippen LogP contribution in [-0.2, 0) is 0 Å². The Labute approximate surface area is 127 Å². The van der Waals surface area contributed by atoms with Gasteiger partial charge in [-0.1, -0.05) is 42.5 Å². The van der Waals surface area contributed by atoms with E-state index in [1.807, 2.05) is 24.3 Å². The maximum absolute atomic E-state index is 11.5. The van der Waals surface area contributed by atoms with E-state index in [4.69, 9.17) is 0 Å². The predicted molar refractivity (Wildman–Crippen MR) is 88.4 cm³/mol. The lowest BCUT2D eigenvalue weighted by Crippen LogP contribution is -2.16. The van der Waals surface area contributed by atoms with Crippen LogP contribution in [0.4, 0.5) is 0 Å². The second-order valence-electron chi connectivity index (χ2n) is 4.58. The topological polar surface area (TPSA) is 42.0 Å². The average Bonchev–Trinajstić information content (AvgIpc) is 3.01. The molecule has 0 aliphatic heterocycles. The molecule has 1 heterocycles. The summed E-state index contributed by atoms with van der Waals surface area (Å²) >= 11 is 1.38. The van der Waals surface area contributed by atoms with Crippen LogP contribution in [0.5, 0.6) is 0 Å². The largest absolute Gasteiger partial charge is 0.354 e. The van der Waals surface area contributed by atoms with Crippen molar-refractivity contribution in [1.82, 2.24) is 10.3 Å². The first-order valence-corrected chi connectivity index (χ1v) is 7.43. The van der Waals surface area contributed by atoms with Gasteiger partial charge in [0, 0.05) is 7.05 Å². The summed E-state index contributed by atoms with van der Waals surface area (Å²) in [5.41, 5.74) is 1.12. The molecule has 0 aliphatic rings. The molecule has 0 saturated carbocycles. The smallest absolute Gasteiger partial charge is 0.262 e. The highest BCUT2D eigenvalue weighted by molar-refractivity contribution is 7.14. The van der Waals surface area contributed by atoms with Gasteiger partial charge in [0.15, 0.2) is 0 Å². The van der Waals surface area contributed by atoms with Crippen molar-refractivity contribution in [2.24, 2.45) is 0 Å². The van der Waals surface area contributed by atoms with Crippen molar-refractivity contribution in [3.8, 4) is 0 Å². The maximum atomic E-state index is 11.5. The van der Waals surface area contributed by atoms with E-state index in [2.05, 4.69) is 40.6 Å². The quantitative estimate of drug-likeness (QED) is 0.797. The SMILES string of the molecule is CNC(=O)c1cnc(C=Cc2ccc3ccccc3c2)s1. The number of hydrogen-bond acceptors (Lipinski definition) is 3. The molecule has 21 heavy (non-hydrogen) atoms. The van der Waals surface area contributed by atoms with Crippen molar-refractivity contribution < 1.29 is 4.79 Å². The number of nitrogens with zero attached hydrogens (tertiary/aromatic N) is 1. The molecular weight excluding hydrogens is 280 g/mol. The fourth-order valence-corrected chi connectivity index (χ4v) is 2.84. The summed E-state index contributed by atoms with van der Waals surface area (Å²) in [5.74, 6) is -0.0992. The number of benzene rings is 2. The van der Waals surface area contributed by atoms with Crippen molar-refractivity contribution in [2.45, 2.75) is 0 Å². The van der Waals surface area contributed by atoms with Gasteiger partial charge in [-0.15, -0.1) is 11.3 Å². The number of carbonyl (C=O) groups excluding carboxylic acids is 1. The van der Waals surface area contributed by atoms with Crippen molar-refractivity contribution in [3.05, 3.63) is 64.1 Å². The highest BCUT2D eigenvalue weighted by Crippen LogP contribution is 2.19. The van der Waals surface area contributed by atoms with E-state index >= 15 is 0 Å². The van der Waals surface area contributed by atoms with Crippen LogP contribution in [0.15, 0.2) is 48.7 Å². The van der Waals surface area contributed by atoms with Gasteiger partial charge in [0.2, 0.25) is 0 Å². The van der Waals surface area contributed by atoms with Crippen LogP contribution in [0.1, 0.15) is 20.2 Å². The number of rotatable bonds is 3. The summed E-state index contributed by atoms with van der Waals surface area (Å²) in [7, 11) is 1.62. The normalized spacial score (nSPS) is 11.1. The number of thiazole rings is 1. The standard InChI is InChI=1S/C17H14N2OS/c1-18-17(20)15-11-19-16(21-15)9-7-12-6-8-13-4-2-3-5-14(13)10-12/h2-11H,1H3,(H,18,20). The fourth-order valence-electron chi connectivity index (χ4n) is 2.07. The lowest BCUT2D eigenvalue weighted by molar-refractivity contribution is 0.0967. The number of nitrogens with one attached hydrogen (secondary N) is 1. The van der Waals surface area contributed by atoms with E-state index in [0.717, 1.165) is 10.6 Å². The third-order valence-electron chi connectivity index (χ3n) is 3.17. The third-order valence-corrected chi connectivity index (χ3v) is 4.13. The van der Waals surface area contributed by atoms with Gasteiger partial charge in [0.25, 0.3) is 5.91 Å². The molecule has 3 aromatic rings. The third kappa shape index (κ3) is 3.01. The van der Waals surface area contributed by atoms with Crippen LogP contribution in [0, 0.1) is 0 Å². The number of hydrogen-bond donors (Lipinski definition) is 1. The molecule has 0 unspecified atom stereocenters. The Hall–Kier alpha value is -2.46. The summed E-state index contributed by atoms with van der Waals surface area (Å²) in [6.07, 6.45) is 5.55. The molecule has 3 nitrogen and oxygen atoms in total. The first-order valence-electron chi connectivity index (χ1n) is 6.61. The van der Waals surface area contributed by atoms with E-state index in [9.17, 15) is 4.79 Å². The first kappa shape index (κ1) is 13.5. The fraction of sp³-hybridized carbons (Fsp3) is 0.0588. The van der Waals surface area contributed by atoms with Gasteiger partial charge in [-0.3, -0.25) is 4.79 Å². The lowest BCUT2D eigenvalue weighted by atomic mass is 10.1. The Kier molecular flexibility index (Phi) is 3.79. The zero-order chi connectivity index (χ0) is 14.7. The Morgan fingerprint density at radius 1 is 1.14 bits per heavy atom. The minimum atomic E-state index is -0.0992. The molecule has 0 atom stereocenters. The minimum absolute atomic E-state index is 0.0992. The molecule has 1 aromatic heterocycles. The molecule has 0 aliphatic carbocycles. The summed E-state index contributed by atoms with van der Waals surface area (Å²) in [6, 6.07) is 14.6. The summed E-state index contributed by atoms with van der Waals surface area (Å²) in [6.45, 7) is 0. The van der Waals surface area contributed by atoms with Gasteiger partial charge in [0.05, 0.1) is 6.20 Å². The molecule has 0 bridgehead atoms. The lowest BCUT2D eigenvalue weighted by Gasteiger charge is -1.98. The van der Waals surface area contributed by atoms with Crippen molar-refractivity contribution in [3.63, 3.8) is 0 Å². The van der Waals surface area contributed by atoms with Gasteiger partial charge in [0.1, 0.15) is 9.88 Å². The molecular formula is C17H14N2OS. The van der Waals surface area contributed by atoms with Crippen LogP contribution in [0.25, 0.3) is 22.9 Å². The van der Waals surface area contributed by atoms with Gasteiger partial charge in [-0.05, 0) is 28.5 Å². The second-order valence-corrected chi connectivity index (χ2v) is 5.64. The summed E-state index contributed by atoms with van der Waals surface area (Å²) in [4.78, 5) is 16.3. The highest BCUT2D eigenvalue weighted by atomic mass is 32.1. The van der Waals surface area contributed by atoms with Crippen LogP contribution >= 0.6 is 11.3 Å². The molecule has 0 spiro atoms.